The fourth-order valence-electron chi connectivity index (χ4n) is 4.53. The van der Waals surface area contributed by atoms with Crippen molar-refractivity contribution in [2.75, 3.05) is 4.90 Å². The van der Waals surface area contributed by atoms with Gasteiger partial charge in [-0.05, 0) is 53.5 Å². The number of aliphatic carboxylic acids is 1. The first kappa shape index (κ1) is 26.5. The average molecular weight is 493 g/mol. The van der Waals surface area contributed by atoms with E-state index in [1.165, 1.54) is 5.56 Å². The molecule has 1 heterocycles. The Labute approximate surface area is 213 Å². The number of carboxylic acid groups (broad SMARTS) is 1. The average Bonchev–Trinajstić information content (AvgIpc) is 2.97. The van der Waals surface area contributed by atoms with Crippen molar-refractivity contribution < 1.29 is 14.7 Å². The molecule has 6 heteroatoms. The Balaban J connectivity index is 0.00000342. The summed E-state index contributed by atoms with van der Waals surface area (Å²) in [7, 11) is 0. The van der Waals surface area contributed by atoms with Crippen LogP contribution in [0.2, 0.25) is 0 Å². The third-order valence-corrected chi connectivity index (χ3v) is 6.52. The fourth-order valence-corrected chi connectivity index (χ4v) is 4.53. The molecule has 4 rings (SSSR count). The minimum atomic E-state index is -0.950. The summed E-state index contributed by atoms with van der Waals surface area (Å²) in [6.45, 7) is 4.77. The third-order valence-electron chi connectivity index (χ3n) is 6.52. The van der Waals surface area contributed by atoms with E-state index in [2.05, 4.69) is 49.5 Å². The minimum absolute atomic E-state index is 0. The van der Waals surface area contributed by atoms with Gasteiger partial charge in [-0.1, -0.05) is 86.6 Å². The number of aryl methyl sites for hydroxylation is 1. The molecule has 0 fully saturated rings. The predicted molar refractivity (Wildman–Crippen MR) is 142 cm³/mol. The van der Waals surface area contributed by atoms with Crippen LogP contribution < -0.4 is 10.2 Å². The number of nitrogens with one attached hydrogen (secondary N) is 1. The van der Waals surface area contributed by atoms with Crippen molar-refractivity contribution in [2.24, 2.45) is 0 Å². The van der Waals surface area contributed by atoms with Crippen molar-refractivity contribution in [2.45, 2.75) is 57.7 Å². The van der Waals surface area contributed by atoms with Gasteiger partial charge >= 0.3 is 5.97 Å². The van der Waals surface area contributed by atoms with Crippen molar-refractivity contribution in [1.29, 1.82) is 0 Å². The maximum Gasteiger partial charge on any atom is 0.321 e. The van der Waals surface area contributed by atoms with Crippen LogP contribution in [-0.4, -0.2) is 29.1 Å². The highest BCUT2D eigenvalue weighted by atomic mass is 35.5. The maximum atomic E-state index is 13.8. The van der Waals surface area contributed by atoms with Gasteiger partial charge in [0.1, 0.15) is 6.04 Å². The fraction of sp³-hybridized carbons (Fsp3) is 0.310. The number of hydrogen-bond acceptors (Lipinski definition) is 3. The van der Waals surface area contributed by atoms with Gasteiger partial charge in [0.2, 0.25) is 5.91 Å². The van der Waals surface area contributed by atoms with Gasteiger partial charge in [-0.3, -0.25) is 14.9 Å². The van der Waals surface area contributed by atoms with Crippen LogP contribution in [0.4, 0.5) is 5.69 Å². The predicted octanol–water partition coefficient (Wildman–Crippen LogP) is 5.37. The van der Waals surface area contributed by atoms with Gasteiger partial charge in [0.05, 0.1) is 12.6 Å². The molecule has 1 aliphatic rings. The van der Waals surface area contributed by atoms with E-state index in [-0.39, 0.29) is 18.3 Å². The summed E-state index contributed by atoms with van der Waals surface area (Å²) < 4.78 is 0. The number of amides is 1. The van der Waals surface area contributed by atoms with Crippen molar-refractivity contribution in [3.05, 3.63) is 101 Å². The Morgan fingerprint density at radius 2 is 1.63 bits per heavy atom. The van der Waals surface area contributed by atoms with Gasteiger partial charge in [0.25, 0.3) is 0 Å². The Bertz CT molecular complexity index is 1130. The molecule has 1 amide bonds. The van der Waals surface area contributed by atoms with Gasteiger partial charge in [-0.25, -0.2) is 0 Å². The zero-order valence-corrected chi connectivity index (χ0v) is 21.0. The van der Waals surface area contributed by atoms with E-state index in [1.807, 2.05) is 53.4 Å². The lowest BCUT2D eigenvalue weighted by Gasteiger charge is -2.28. The summed E-state index contributed by atoms with van der Waals surface area (Å²) in [5.41, 5.74) is 5.24. The first-order chi connectivity index (χ1) is 16.4. The Morgan fingerprint density at radius 1 is 0.971 bits per heavy atom. The first-order valence-electron chi connectivity index (χ1n) is 11.9. The molecular weight excluding hydrogens is 460 g/mol. The number of para-hydroxylation sites is 1. The van der Waals surface area contributed by atoms with Gasteiger partial charge in [-0.2, -0.15) is 0 Å². The highest BCUT2D eigenvalue weighted by molar-refractivity contribution is 5.99. The molecule has 184 valence electrons. The second-order valence-electron chi connectivity index (χ2n) is 9.29. The lowest BCUT2D eigenvalue weighted by molar-refractivity contribution is -0.139. The molecule has 2 N–H and O–H groups in total. The number of rotatable bonds is 8. The van der Waals surface area contributed by atoms with Crippen LogP contribution in [0.3, 0.4) is 0 Å². The van der Waals surface area contributed by atoms with E-state index in [0.29, 0.717) is 31.7 Å². The number of fused-ring (bicyclic) bond motifs is 1. The monoisotopic (exact) mass is 492 g/mol. The van der Waals surface area contributed by atoms with Crippen LogP contribution >= 0.6 is 12.4 Å². The van der Waals surface area contributed by atoms with Crippen molar-refractivity contribution >= 4 is 30.0 Å². The molecule has 35 heavy (non-hydrogen) atoms. The minimum Gasteiger partial charge on any atom is -0.480 e. The zero-order chi connectivity index (χ0) is 24.1. The van der Waals surface area contributed by atoms with Crippen LogP contribution in [0.1, 0.15) is 48.4 Å². The summed E-state index contributed by atoms with van der Waals surface area (Å²) in [6, 6.07) is 24.5. The van der Waals surface area contributed by atoms with Gasteiger partial charge in [-0.15, -0.1) is 12.4 Å². The number of anilines is 1. The maximum absolute atomic E-state index is 13.8. The standard InChI is InChI=1S/C29H32N2O3.ClH/c1-20(2)23-14-12-22(13-15-23)19-31-27-11-7-6-10-24(27)16-17-25(28(31)32)30-26(29(33)34)18-21-8-4-3-5-9-21;/h3-15,20,25-26,30H,16-19H2,1-2H3,(H,33,34);1H/t25?,26-;/m1./s1. The molecule has 0 aliphatic carbocycles. The van der Waals surface area contributed by atoms with Gasteiger partial charge < -0.3 is 10.0 Å². The number of carboxylic acids is 1. The Hall–Kier alpha value is -3.15. The van der Waals surface area contributed by atoms with Crippen LogP contribution in [0.5, 0.6) is 0 Å². The quantitative estimate of drug-likeness (QED) is 0.444. The molecule has 3 aromatic carbocycles. The Kier molecular flexibility index (Phi) is 9.07. The van der Waals surface area contributed by atoms with Crippen molar-refractivity contribution in [1.82, 2.24) is 5.32 Å². The number of halogens is 1. The van der Waals surface area contributed by atoms with Gasteiger partial charge in [0.15, 0.2) is 0 Å². The van der Waals surface area contributed by atoms with Crippen LogP contribution in [-0.2, 0) is 29.0 Å². The molecule has 5 nitrogen and oxygen atoms in total. The molecule has 0 saturated carbocycles. The summed E-state index contributed by atoms with van der Waals surface area (Å²) in [4.78, 5) is 27.6. The number of carbonyl (C=O) groups is 2. The molecular formula is C29H33ClN2O3. The Morgan fingerprint density at radius 3 is 2.29 bits per heavy atom. The first-order valence-corrected chi connectivity index (χ1v) is 11.9. The molecule has 3 aromatic rings. The lowest BCUT2D eigenvalue weighted by atomic mass is 10.0. The molecule has 0 spiro atoms. The SMILES string of the molecule is CC(C)c1ccc(CN2C(=O)C(N[C@H](Cc3ccccc3)C(=O)O)CCc3ccccc32)cc1.Cl. The molecule has 0 radical (unpaired) electrons. The summed E-state index contributed by atoms with van der Waals surface area (Å²) in [6.07, 6.45) is 1.58. The lowest BCUT2D eigenvalue weighted by Crippen LogP contribution is -2.52. The van der Waals surface area contributed by atoms with E-state index >= 15 is 0 Å². The molecule has 0 saturated heterocycles. The number of benzene rings is 3. The zero-order valence-electron chi connectivity index (χ0n) is 20.2. The largest absolute Gasteiger partial charge is 0.480 e. The highest BCUT2D eigenvalue weighted by Gasteiger charge is 2.33. The normalized spacial score (nSPS) is 16.3. The second-order valence-corrected chi connectivity index (χ2v) is 9.29. The second kappa shape index (κ2) is 12.0. The van der Waals surface area contributed by atoms with Crippen molar-refractivity contribution in [3.8, 4) is 0 Å². The van der Waals surface area contributed by atoms with Crippen LogP contribution in [0, 0.1) is 0 Å². The third kappa shape index (κ3) is 6.50. The number of nitrogens with zero attached hydrogens (tertiary/aromatic N) is 1. The van der Waals surface area contributed by atoms with E-state index in [0.717, 1.165) is 22.4 Å². The summed E-state index contributed by atoms with van der Waals surface area (Å²) in [5, 5.41) is 13.1. The van der Waals surface area contributed by atoms with Gasteiger partial charge in [0, 0.05) is 5.69 Å². The molecule has 0 aromatic heterocycles. The van der Waals surface area contributed by atoms with Crippen molar-refractivity contribution in [3.63, 3.8) is 0 Å². The van der Waals surface area contributed by atoms with E-state index in [4.69, 9.17) is 0 Å². The highest BCUT2D eigenvalue weighted by Crippen LogP contribution is 2.29. The van der Waals surface area contributed by atoms with Crippen LogP contribution in [0.25, 0.3) is 0 Å². The van der Waals surface area contributed by atoms with E-state index < -0.39 is 18.1 Å². The topological polar surface area (TPSA) is 69.6 Å². The molecule has 2 atom stereocenters. The van der Waals surface area contributed by atoms with Crippen LogP contribution in [0.15, 0.2) is 78.9 Å². The smallest absolute Gasteiger partial charge is 0.321 e. The molecule has 1 unspecified atom stereocenters. The number of hydrogen-bond donors (Lipinski definition) is 2. The number of carbonyl (C=O) groups excluding carboxylic acids is 1. The summed E-state index contributed by atoms with van der Waals surface area (Å²) in [5.74, 6) is -0.591. The van der Waals surface area contributed by atoms with E-state index in [9.17, 15) is 14.7 Å². The molecule has 1 aliphatic heterocycles. The summed E-state index contributed by atoms with van der Waals surface area (Å²) >= 11 is 0. The molecule has 0 bridgehead atoms. The van der Waals surface area contributed by atoms with E-state index in [1.54, 1.807) is 0 Å².